The van der Waals surface area contributed by atoms with E-state index in [1.54, 1.807) is 0 Å². The summed E-state index contributed by atoms with van der Waals surface area (Å²) in [7, 11) is -5.47. The maximum atomic E-state index is 12.8. The monoisotopic (exact) mass is 411 g/mol. The number of rotatable bonds is 4. The van der Waals surface area contributed by atoms with E-state index in [4.69, 9.17) is 4.42 Å². The maximum absolute atomic E-state index is 12.8. The van der Waals surface area contributed by atoms with Crippen molar-refractivity contribution in [3.8, 4) is 0 Å². The fourth-order valence-corrected chi connectivity index (χ4v) is 3.52. The van der Waals surface area contributed by atoms with E-state index in [0.717, 1.165) is 18.2 Å². The molecular weight excluding hydrogens is 406 g/mol. The van der Waals surface area contributed by atoms with E-state index >= 15 is 0 Å². The van der Waals surface area contributed by atoms with Crippen molar-refractivity contribution in [2.45, 2.75) is 4.90 Å². The molecule has 0 fully saturated rings. The second-order valence-electron chi connectivity index (χ2n) is 5.28. The summed E-state index contributed by atoms with van der Waals surface area (Å²) in [5.41, 5.74) is -6.40. The van der Waals surface area contributed by atoms with Gasteiger partial charge in [-0.05, 0) is 6.07 Å². The van der Waals surface area contributed by atoms with Gasteiger partial charge in [-0.15, -0.1) is 0 Å². The van der Waals surface area contributed by atoms with E-state index in [9.17, 15) is 48.1 Å². The van der Waals surface area contributed by atoms with E-state index in [1.165, 1.54) is 0 Å². The van der Waals surface area contributed by atoms with Gasteiger partial charge < -0.3 is 4.42 Å². The summed E-state index contributed by atoms with van der Waals surface area (Å²) in [4.78, 5) is 41.4. The first-order valence-electron chi connectivity index (χ1n) is 6.92. The molecule has 0 saturated heterocycles. The Morgan fingerprint density at radius 2 is 1.46 bits per heavy atom. The Morgan fingerprint density at radius 1 is 0.893 bits per heavy atom. The molecule has 0 amide bonds. The van der Waals surface area contributed by atoms with Crippen molar-refractivity contribution in [1.82, 2.24) is 0 Å². The van der Waals surface area contributed by atoms with E-state index in [1.807, 2.05) is 0 Å². The van der Waals surface area contributed by atoms with Crippen molar-refractivity contribution in [2.75, 3.05) is 0 Å². The smallest absolute Gasteiger partial charge is 0.319 e. The fourth-order valence-electron chi connectivity index (χ4n) is 2.68. The third kappa shape index (κ3) is 2.70. The van der Waals surface area contributed by atoms with Gasteiger partial charge in [0.05, 0.1) is 20.8 Å². The van der Waals surface area contributed by atoms with Crippen LogP contribution in [0, 0.1) is 30.3 Å². The average Bonchev–Trinajstić information content (AvgIpc) is 2.58. The summed E-state index contributed by atoms with van der Waals surface area (Å²) >= 11 is 0. The van der Waals surface area contributed by atoms with Gasteiger partial charge >= 0.3 is 15.8 Å². The lowest BCUT2D eigenvalue weighted by Crippen LogP contribution is -2.13. The molecule has 144 valence electrons. The van der Waals surface area contributed by atoms with Gasteiger partial charge in [-0.2, -0.15) is 8.42 Å². The number of nitro benzene ring substituents is 3. The molecule has 0 saturated carbocycles. The highest BCUT2D eigenvalue weighted by Crippen LogP contribution is 2.39. The topological polar surface area (TPSA) is 214 Å². The van der Waals surface area contributed by atoms with Crippen LogP contribution >= 0.6 is 0 Å². The Labute approximate surface area is 151 Å². The minimum atomic E-state index is -5.47. The molecule has 1 aromatic heterocycles. The lowest BCUT2D eigenvalue weighted by atomic mass is 10.1. The van der Waals surface area contributed by atoms with Gasteiger partial charge in [0.15, 0.2) is 4.90 Å². The standard InChI is InChI=1S/C13H5N3O11S/c17-11-9-5(14(18)19)2-1-3-8(9)27-12-6(15(20)21)4-7(16(22)23)13(10(11)12)28(24,25)26/h1-4H,(H,24,25,26). The molecule has 2 aromatic carbocycles. The van der Waals surface area contributed by atoms with E-state index in [2.05, 4.69) is 0 Å². The van der Waals surface area contributed by atoms with Crippen molar-refractivity contribution in [2.24, 2.45) is 0 Å². The van der Waals surface area contributed by atoms with E-state index in [0.29, 0.717) is 0 Å². The highest BCUT2D eigenvalue weighted by atomic mass is 32.2. The molecule has 1 heterocycles. The van der Waals surface area contributed by atoms with Crippen LogP contribution in [-0.4, -0.2) is 27.7 Å². The van der Waals surface area contributed by atoms with Gasteiger partial charge in [0.25, 0.3) is 11.4 Å². The maximum Gasteiger partial charge on any atom is 0.319 e. The molecule has 14 nitrogen and oxygen atoms in total. The second-order valence-corrected chi connectivity index (χ2v) is 6.63. The van der Waals surface area contributed by atoms with E-state index in [-0.39, 0.29) is 6.07 Å². The third-order valence-electron chi connectivity index (χ3n) is 3.71. The number of fused-ring (bicyclic) bond motifs is 2. The lowest BCUT2D eigenvalue weighted by molar-refractivity contribution is -0.395. The van der Waals surface area contributed by atoms with Crippen LogP contribution in [0.15, 0.2) is 38.4 Å². The molecule has 15 heteroatoms. The van der Waals surface area contributed by atoms with Gasteiger partial charge in [-0.3, -0.25) is 39.7 Å². The first kappa shape index (κ1) is 18.8. The number of hydrogen-bond donors (Lipinski definition) is 1. The van der Waals surface area contributed by atoms with Crippen LogP contribution in [-0.2, 0) is 10.1 Å². The van der Waals surface area contributed by atoms with Crippen LogP contribution in [0.4, 0.5) is 17.1 Å². The molecule has 28 heavy (non-hydrogen) atoms. The fraction of sp³-hybridized carbons (Fsp3) is 0. The van der Waals surface area contributed by atoms with Crippen molar-refractivity contribution >= 4 is 49.1 Å². The summed E-state index contributed by atoms with van der Waals surface area (Å²) in [6.07, 6.45) is 0. The van der Waals surface area contributed by atoms with Crippen LogP contribution in [0.25, 0.3) is 21.9 Å². The van der Waals surface area contributed by atoms with Gasteiger partial charge in [0.2, 0.25) is 11.0 Å². The van der Waals surface area contributed by atoms with Crippen molar-refractivity contribution in [3.63, 3.8) is 0 Å². The number of nitrogens with zero attached hydrogens (tertiary/aromatic N) is 3. The van der Waals surface area contributed by atoms with Crippen molar-refractivity contribution in [1.29, 1.82) is 0 Å². The number of non-ortho nitro benzene ring substituents is 2. The van der Waals surface area contributed by atoms with Crippen LogP contribution in [0.2, 0.25) is 0 Å². The van der Waals surface area contributed by atoms with Gasteiger partial charge in [0.1, 0.15) is 16.4 Å². The van der Waals surface area contributed by atoms with Gasteiger partial charge in [-0.1, -0.05) is 6.07 Å². The van der Waals surface area contributed by atoms with Crippen molar-refractivity contribution in [3.05, 3.63) is 64.8 Å². The molecule has 0 atom stereocenters. The minimum absolute atomic E-state index is 0.206. The molecule has 3 rings (SSSR count). The highest BCUT2D eigenvalue weighted by Gasteiger charge is 2.36. The summed E-state index contributed by atoms with van der Waals surface area (Å²) < 4.78 is 38.0. The zero-order chi connectivity index (χ0) is 21.0. The Hall–Kier alpha value is -3.98. The molecule has 0 aliphatic carbocycles. The summed E-state index contributed by atoms with van der Waals surface area (Å²) in [6, 6.07) is 3.25. The van der Waals surface area contributed by atoms with Crippen LogP contribution in [0.5, 0.6) is 0 Å². The molecule has 1 N–H and O–H groups in total. The number of nitro groups is 3. The summed E-state index contributed by atoms with van der Waals surface area (Å²) in [6.45, 7) is 0. The third-order valence-corrected chi connectivity index (χ3v) is 4.64. The molecule has 0 radical (unpaired) electrons. The molecule has 0 spiro atoms. The quantitative estimate of drug-likeness (QED) is 0.283. The number of benzene rings is 2. The van der Waals surface area contributed by atoms with Crippen LogP contribution in [0.3, 0.4) is 0 Å². The highest BCUT2D eigenvalue weighted by molar-refractivity contribution is 7.86. The predicted molar refractivity (Wildman–Crippen MR) is 89.8 cm³/mol. The molecule has 0 aliphatic rings. The lowest BCUT2D eigenvalue weighted by Gasteiger charge is -2.07. The first-order valence-corrected chi connectivity index (χ1v) is 8.36. The summed E-state index contributed by atoms with van der Waals surface area (Å²) in [5.74, 6) is 0. The number of hydrogen-bond acceptors (Lipinski definition) is 10. The van der Waals surface area contributed by atoms with Crippen LogP contribution in [0.1, 0.15) is 0 Å². The predicted octanol–water partition coefficient (Wildman–Crippen LogP) is 1.92. The Balaban J connectivity index is 2.81. The molecule has 3 aromatic rings. The van der Waals surface area contributed by atoms with Crippen LogP contribution < -0.4 is 5.43 Å². The first-order chi connectivity index (χ1) is 12.9. The Bertz CT molecular complexity index is 1390. The normalized spacial score (nSPS) is 11.6. The minimum Gasteiger partial charge on any atom is -0.448 e. The Morgan fingerprint density at radius 3 is 1.96 bits per heavy atom. The second kappa shape index (κ2) is 6.03. The molecular formula is C13H5N3O11S. The summed E-state index contributed by atoms with van der Waals surface area (Å²) in [5, 5.41) is 31.6. The largest absolute Gasteiger partial charge is 0.448 e. The van der Waals surface area contributed by atoms with Crippen molar-refractivity contribution < 1.29 is 32.2 Å². The zero-order valence-electron chi connectivity index (χ0n) is 13.1. The molecule has 0 unspecified atom stereocenters. The molecule has 0 aliphatic heterocycles. The van der Waals surface area contributed by atoms with Gasteiger partial charge in [0, 0.05) is 6.07 Å². The Kier molecular flexibility index (Phi) is 4.05. The van der Waals surface area contributed by atoms with Gasteiger partial charge in [-0.25, -0.2) is 0 Å². The SMILES string of the molecule is O=c1c2c([N+](=O)[O-])cccc2oc2c([N+](=O)[O-])cc([N+](=O)[O-])c(S(=O)(=O)O)c12. The molecule has 0 bridgehead atoms. The van der Waals surface area contributed by atoms with E-state index < -0.39 is 74.2 Å². The zero-order valence-corrected chi connectivity index (χ0v) is 13.9. The average molecular weight is 411 g/mol.